The normalized spacial score (nSPS) is 11.7. The van der Waals surface area contributed by atoms with Crippen LogP contribution in [0.15, 0.2) is 24.3 Å². The number of rotatable bonds is 6. The lowest BCUT2D eigenvalue weighted by molar-refractivity contribution is -0.120. The molecule has 0 aliphatic carbocycles. The Kier molecular flexibility index (Phi) is 6.38. The summed E-state index contributed by atoms with van der Waals surface area (Å²) in [7, 11) is 0. The number of nitrogens with one attached hydrogen (secondary N) is 3. The zero-order chi connectivity index (χ0) is 15.8. The fourth-order valence-corrected chi connectivity index (χ4v) is 1.51. The van der Waals surface area contributed by atoms with Crippen molar-refractivity contribution in [3.05, 3.63) is 24.3 Å². The molecular weight excluding hydrogens is 284 g/mol. The van der Waals surface area contributed by atoms with Gasteiger partial charge in [-0.15, -0.1) is 0 Å². The summed E-state index contributed by atoms with van der Waals surface area (Å²) in [5.41, 5.74) is 0.233. The molecule has 1 aromatic rings. The minimum Gasteiger partial charge on any atom is -0.433 e. The Morgan fingerprint density at radius 1 is 1.29 bits per heavy atom. The zero-order valence-electron chi connectivity index (χ0n) is 11.7. The number of anilines is 1. The van der Waals surface area contributed by atoms with E-state index in [0.717, 1.165) is 0 Å². The molecule has 0 fully saturated rings. The Morgan fingerprint density at radius 3 is 2.57 bits per heavy atom. The number of urea groups is 1. The van der Waals surface area contributed by atoms with E-state index in [-0.39, 0.29) is 11.4 Å². The molecule has 0 aliphatic heterocycles. The lowest BCUT2D eigenvalue weighted by Crippen LogP contribution is -2.45. The average molecular weight is 301 g/mol. The van der Waals surface area contributed by atoms with Crippen LogP contribution in [0.5, 0.6) is 5.75 Å². The second kappa shape index (κ2) is 8.03. The minimum absolute atomic E-state index is 0.0786. The summed E-state index contributed by atoms with van der Waals surface area (Å²) < 4.78 is 28.9. The number of imide groups is 1. The molecule has 0 bridgehead atoms. The second-order valence-electron chi connectivity index (χ2n) is 4.09. The second-order valence-corrected chi connectivity index (χ2v) is 4.09. The molecule has 0 aromatic heterocycles. The third kappa shape index (κ3) is 5.64. The molecule has 21 heavy (non-hydrogen) atoms. The van der Waals surface area contributed by atoms with Gasteiger partial charge in [-0.1, -0.05) is 12.1 Å². The molecule has 6 nitrogen and oxygen atoms in total. The Bertz CT molecular complexity index is 497. The van der Waals surface area contributed by atoms with Crippen molar-refractivity contribution >= 4 is 17.6 Å². The van der Waals surface area contributed by atoms with E-state index < -0.39 is 24.6 Å². The molecule has 1 atom stereocenters. The van der Waals surface area contributed by atoms with E-state index in [0.29, 0.717) is 6.54 Å². The van der Waals surface area contributed by atoms with Gasteiger partial charge in [-0.2, -0.15) is 8.78 Å². The van der Waals surface area contributed by atoms with Gasteiger partial charge in [0, 0.05) is 6.54 Å². The molecule has 3 N–H and O–H groups in total. The average Bonchev–Trinajstić information content (AvgIpc) is 2.40. The van der Waals surface area contributed by atoms with Crippen LogP contribution in [0.25, 0.3) is 0 Å². The van der Waals surface area contributed by atoms with E-state index in [1.54, 1.807) is 13.0 Å². The van der Waals surface area contributed by atoms with Gasteiger partial charge in [0.2, 0.25) is 5.91 Å². The molecule has 0 saturated carbocycles. The largest absolute Gasteiger partial charge is 0.433 e. The molecule has 0 saturated heterocycles. The number of halogens is 2. The van der Waals surface area contributed by atoms with Gasteiger partial charge in [0.05, 0.1) is 5.69 Å². The van der Waals surface area contributed by atoms with E-state index in [4.69, 9.17) is 0 Å². The van der Waals surface area contributed by atoms with Gasteiger partial charge < -0.3 is 15.4 Å². The first kappa shape index (κ1) is 16.7. The molecule has 0 spiro atoms. The number of benzene rings is 1. The Hall–Kier alpha value is -2.38. The molecule has 0 heterocycles. The van der Waals surface area contributed by atoms with Crippen LogP contribution in [-0.2, 0) is 4.79 Å². The van der Waals surface area contributed by atoms with Crippen molar-refractivity contribution in [2.75, 3.05) is 11.9 Å². The van der Waals surface area contributed by atoms with Crippen molar-refractivity contribution in [1.82, 2.24) is 10.6 Å². The lowest BCUT2D eigenvalue weighted by atomic mass is 10.2. The summed E-state index contributed by atoms with van der Waals surface area (Å²) in [4.78, 5) is 23.0. The van der Waals surface area contributed by atoms with Gasteiger partial charge in [-0.25, -0.2) is 4.79 Å². The van der Waals surface area contributed by atoms with Crippen molar-refractivity contribution in [3.63, 3.8) is 0 Å². The van der Waals surface area contributed by atoms with E-state index in [2.05, 4.69) is 20.7 Å². The minimum atomic E-state index is -2.97. The third-order valence-corrected chi connectivity index (χ3v) is 2.44. The van der Waals surface area contributed by atoms with Crippen LogP contribution in [0.1, 0.15) is 13.8 Å². The van der Waals surface area contributed by atoms with E-state index in [9.17, 15) is 18.4 Å². The Balaban J connectivity index is 2.67. The van der Waals surface area contributed by atoms with Gasteiger partial charge in [-0.3, -0.25) is 10.1 Å². The first-order chi connectivity index (χ1) is 9.93. The standard InChI is InChI=1S/C13H17F2N3O3/c1-3-16-13(20)18-11(19)8(2)17-9-6-4-5-7-10(9)21-12(14)15/h4-8,12,17H,3H2,1-2H3,(H2,16,18,19,20). The number of hydrogen-bond acceptors (Lipinski definition) is 4. The monoisotopic (exact) mass is 301 g/mol. The number of carbonyl (C=O) groups is 2. The van der Waals surface area contributed by atoms with Crippen LogP contribution in [-0.4, -0.2) is 31.1 Å². The van der Waals surface area contributed by atoms with Crippen LogP contribution in [0.2, 0.25) is 0 Å². The highest BCUT2D eigenvalue weighted by molar-refractivity contribution is 5.98. The van der Waals surface area contributed by atoms with Gasteiger partial charge in [0.25, 0.3) is 0 Å². The summed E-state index contributed by atoms with van der Waals surface area (Å²) in [6.45, 7) is 0.621. The molecule has 116 valence electrons. The summed E-state index contributed by atoms with van der Waals surface area (Å²) >= 11 is 0. The predicted molar refractivity (Wildman–Crippen MR) is 73.4 cm³/mol. The Labute approximate surface area is 120 Å². The van der Waals surface area contributed by atoms with Crippen molar-refractivity contribution in [3.8, 4) is 5.75 Å². The first-order valence-electron chi connectivity index (χ1n) is 6.33. The molecule has 0 aliphatic rings. The van der Waals surface area contributed by atoms with Gasteiger partial charge >= 0.3 is 12.6 Å². The molecule has 1 aromatic carbocycles. The van der Waals surface area contributed by atoms with Crippen LogP contribution >= 0.6 is 0 Å². The maximum atomic E-state index is 12.3. The number of hydrogen-bond donors (Lipinski definition) is 3. The molecule has 0 radical (unpaired) electrons. The Morgan fingerprint density at radius 2 is 1.95 bits per heavy atom. The topological polar surface area (TPSA) is 79.5 Å². The van der Waals surface area contributed by atoms with Crippen LogP contribution in [0.3, 0.4) is 0 Å². The quantitative estimate of drug-likeness (QED) is 0.750. The van der Waals surface area contributed by atoms with Crippen LogP contribution in [0.4, 0.5) is 19.3 Å². The van der Waals surface area contributed by atoms with Crippen molar-refractivity contribution < 1.29 is 23.1 Å². The molecular formula is C13H17F2N3O3. The summed E-state index contributed by atoms with van der Waals surface area (Å²) in [6, 6.07) is 4.55. The number of amides is 3. The number of ether oxygens (including phenoxy) is 1. The summed E-state index contributed by atoms with van der Waals surface area (Å²) in [5.74, 6) is -0.669. The first-order valence-corrected chi connectivity index (χ1v) is 6.33. The maximum Gasteiger partial charge on any atom is 0.387 e. The van der Waals surface area contributed by atoms with Crippen LogP contribution in [0, 0.1) is 0 Å². The number of carbonyl (C=O) groups excluding carboxylic acids is 2. The number of para-hydroxylation sites is 2. The fourth-order valence-electron chi connectivity index (χ4n) is 1.51. The lowest BCUT2D eigenvalue weighted by Gasteiger charge is -2.17. The molecule has 1 rings (SSSR count). The highest BCUT2D eigenvalue weighted by Gasteiger charge is 2.17. The van der Waals surface area contributed by atoms with Crippen molar-refractivity contribution in [2.45, 2.75) is 26.5 Å². The highest BCUT2D eigenvalue weighted by atomic mass is 19.3. The maximum absolute atomic E-state index is 12.3. The van der Waals surface area contributed by atoms with Gasteiger partial charge in [0.1, 0.15) is 11.8 Å². The van der Waals surface area contributed by atoms with Crippen LogP contribution < -0.4 is 20.7 Å². The van der Waals surface area contributed by atoms with Crippen molar-refractivity contribution in [2.24, 2.45) is 0 Å². The third-order valence-electron chi connectivity index (χ3n) is 2.44. The van der Waals surface area contributed by atoms with E-state index in [1.807, 2.05) is 0 Å². The fraction of sp³-hybridized carbons (Fsp3) is 0.385. The number of alkyl halides is 2. The van der Waals surface area contributed by atoms with E-state index >= 15 is 0 Å². The molecule has 1 unspecified atom stereocenters. The van der Waals surface area contributed by atoms with Gasteiger partial charge in [-0.05, 0) is 26.0 Å². The SMILES string of the molecule is CCNC(=O)NC(=O)C(C)Nc1ccccc1OC(F)F. The zero-order valence-corrected chi connectivity index (χ0v) is 11.7. The van der Waals surface area contributed by atoms with E-state index in [1.165, 1.54) is 25.1 Å². The molecule has 3 amide bonds. The molecule has 8 heteroatoms. The highest BCUT2D eigenvalue weighted by Crippen LogP contribution is 2.26. The predicted octanol–water partition coefficient (Wildman–Crippen LogP) is 1.93. The van der Waals surface area contributed by atoms with Gasteiger partial charge in [0.15, 0.2) is 0 Å². The summed E-state index contributed by atoms with van der Waals surface area (Å²) in [5, 5.41) is 7.24. The summed E-state index contributed by atoms with van der Waals surface area (Å²) in [6.07, 6.45) is 0. The van der Waals surface area contributed by atoms with Crippen molar-refractivity contribution in [1.29, 1.82) is 0 Å². The smallest absolute Gasteiger partial charge is 0.387 e.